The van der Waals surface area contributed by atoms with Gasteiger partial charge in [0.15, 0.2) is 0 Å². The molecule has 1 aromatic rings. The van der Waals surface area contributed by atoms with Gasteiger partial charge < -0.3 is 5.32 Å². The maximum absolute atomic E-state index is 3.65. The van der Waals surface area contributed by atoms with Crippen LogP contribution in [0.15, 0.2) is 17.5 Å². The Bertz CT molecular complexity index is 294. The molecule has 1 aromatic heterocycles. The summed E-state index contributed by atoms with van der Waals surface area (Å²) in [5.41, 5.74) is 0. The van der Waals surface area contributed by atoms with E-state index in [2.05, 4.69) is 29.8 Å². The van der Waals surface area contributed by atoms with E-state index >= 15 is 0 Å². The van der Waals surface area contributed by atoms with Gasteiger partial charge in [-0.15, -0.1) is 11.3 Å². The van der Waals surface area contributed by atoms with Crippen molar-refractivity contribution < 1.29 is 0 Å². The number of thiophene rings is 1. The fourth-order valence-electron chi connectivity index (χ4n) is 3.00. The van der Waals surface area contributed by atoms with E-state index in [1.165, 1.54) is 44.9 Å². The van der Waals surface area contributed by atoms with Crippen molar-refractivity contribution in [2.24, 2.45) is 5.92 Å². The molecule has 1 fully saturated rings. The van der Waals surface area contributed by atoms with Gasteiger partial charge in [-0.3, -0.25) is 0 Å². The predicted molar refractivity (Wildman–Crippen MR) is 76.7 cm³/mol. The summed E-state index contributed by atoms with van der Waals surface area (Å²) in [4.78, 5) is 1.56. The zero-order chi connectivity index (χ0) is 11.9. The second-order valence-corrected chi connectivity index (χ2v) is 6.29. The standard InChI is InChI=1S/C15H25NS/c1-2-16-14-7-4-3-6-13(12-14)9-10-15-8-5-11-17-15/h5,8,11,13-14,16H,2-4,6-7,9-10,12H2,1H3. The third kappa shape index (κ3) is 4.44. The lowest BCUT2D eigenvalue weighted by Crippen LogP contribution is -2.29. The molecule has 1 aliphatic rings. The van der Waals surface area contributed by atoms with Crippen molar-refractivity contribution in [2.75, 3.05) is 6.54 Å². The molecule has 0 aromatic carbocycles. The molecular formula is C15H25NS. The van der Waals surface area contributed by atoms with Gasteiger partial charge in [0.2, 0.25) is 0 Å². The highest BCUT2D eigenvalue weighted by Gasteiger charge is 2.19. The molecular weight excluding hydrogens is 226 g/mol. The van der Waals surface area contributed by atoms with Crippen molar-refractivity contribution >= 4 is 11.3 Å². The Morgan fingerprint density at radius 1 is 1.35 bits per heavy atom. The molecule has 1 nitrogen and oxygen atoms in total. The smallest absolute Gasteiger partial charge is 0.00695 e. The maximum Gasteiger partial charge on any atom is 0.00695 e. The Labute approximate surface area is 110 Å². The Balaban J connectivity index is 1.78. The summed E-state index contributed by atoms with van der Waals surface area (Å²) in [6.45, 7) is 3.36. The van der Waals surface area contributed by atoms with Crippen LogP contribution in [0.1, 0.15) is 50.3 Å². The van der Waals surface area contributed by atoms with Gasteiger partial charge in [-0.05, 0) is 49.6 Å². The van der Waals surface area contributed by atoms with E-state index in [9.17, 15) is 0 Å². The molecule has 96 valence electrons. The molecule has 2 unspecified atom stereocenters. The van der Waals surface area contributed by atoms with Crippen LogP contribution in [0.5, 0.6) is 0 Å². The average molecular weight is 251 g/mol. The first-order chi connectivity index (χ1) is 8.38. The molecule has 0 radical (unpaired) electrons. The summed E-state index contributed by atoms with van der Waals surface area (Å²) in [6, 6.07) is 5.24. The molecule has 1 aliphatic carbocycles. The summed E-state index contributed by atoms with van der Waals surface area (Å²) >= 11 is 1.91. The lowest BCUT2D eigenvalue weighted by Gasteiger charge is -2.20. The summed E-state index contributed by atoms with van der Waals surface area (Å²) in [5.74, 6) is 0.948. The molecule has 1 N–H and O–H groups in total. The van der Waals surface area contributed by atoms with Crippen molar-refractivity contribution in [3.63, 3.8) is 0 Å². The minimum absolute atomic E-state index is 0.788. The van der Waals surface area contributed by atoms with Gasteiger partial charge in [0.05, 0.1) is 0 Å². The monoisotopic (exact) mass is 251 g/mol. The lowest BCUT2D eigenvalue weighted by atomic mass is 9.93. The number of hydrogen-bond donors (Lipinski definition) is 1. The van der Waals surface area contributed by atoms with E-state index in [0.717, 1.165) is 18.5 Å². The van der Waals surface area contributed by atoms with Crippen LogP contribution in [-0.4, -0.2) is 12.6 Å². The van der Waals surface area contributed by atoms with Crippen molar-refractivity contribution in [3.05, 3.63) is 22.4 Å². The molecule has 0 bridgehead atoms. The van der Waals surface area contributed by atoms with Crippen LogP contribution < -0.4 is 5.32 Å². The molecule has 1 saturated carbocycles. The highest BCUT2D eigenvalue weighted by Crippen LogP contribution is 2.27. The number of hydrogen-bond acceptors (Lipinski definition) is 2. The van der Waals surface area contributed by atoms with E-state index < -0.39 is 0 Å². The largest absolute Gasteiger partial charge is 0.314 e. The van der Waals surface area contributed by atoms with Gasteiger partial charge >= 0.3 is 0 Å². The van der Waals surface area contributed by atoms with Crippen LogP contribution in [0.4, 0.5) is 0 Å². The van der Waals surface area contributed by atoms with Gasteiger partial charge in [-0.2, -0.15) is 0 Å². The molecule has 0 spiro atoms. The third-order valence-electron chi connectivity index (χ3n) is 3.90. The molecule has 2 heteroatoms. The fraction of sp³-hybridized carbons (Fsp3) is 0.733. The highest BCUT2D eigenvalue weighted by atomic mass is 32.1. The third-order valence-corrected chi connectivity index (χ3v) is 4.84. The fourth-order valence-corrected chi connectivity index (χ4v) is 3.72. The topological polar surface area (TPSA) is 12.0 Å². The first kappa shape index (κ1) is 13.1. The van der Waals surface area contributed by atoms with E-state index in [-0.39, 0.29) is 0 Å². The van der Waals surface area contributed by atoms with Crippen molar-refractivity contribution in [2.45, 2.75) is 57.9 Å². The SMILES string of the molecule is CCNC1CCCCC(CCc2cccs2)C1. The second-order valence-electron chi connectivity index (χ2n) is 5.26. The normalized spacial score (nSPS) is 25.7. The van der Waals surface area contributed by atoms with E-state index in [1.807, 2.05) is 11.3 Å². The Morgan fingerprint density at radius 2 is 2.24 bits per heavy atom. The average Bonchev–Trinajstić information content (AvgIpc) is 2.75. The molecule has 0 aliphatic heterocycles. The molecule has 17 heavy (non-hydrogen) atoms. The summed E-state index contributed by atoms with van der Waals surface area (Å²) in [6.07, 6.45) is 9.80. The van der Waals surface area contributed by atoms with Crippen LogP contribution >= 0.6 is 11.3 Å². The first-order valence-corrected chi connectivity index (χ1v) is 8.02. The van der Waals surface area contributed by atoms with E-state index in [0.29, 0.717) is 0 Å². The Kier molecular flexibility index (Phi) is 5.53. The molecule has 0 amide bonds. The van der Waals surface area contributed by atoms with E-state index in [4.69, 9.17) is 0 Å². The lowest BCUT2D eigenvalue weighted by molar-refractivity contribution is 0.373. The van der Waals surface area contributed by atoms with Gasteiger partial charge in [-0.1, -0.05) is 32.3 Å². The van der Waals surface area contributed by atoms with Gasteiger partial charge in [-0.25, -0.2) is 0 Å². The minimum atomic E-state index is 0.788. The van der Waals surface area contributed by atoms with Gasteiger partial charge in [0.25, 0.3) is 0 Å². The maximum atomic E-state index is 3.65. The van der Waals surface area contributed by atoms with Gasteiger partial charge in [0.1, 0.15) is 0 Å². The van der Waals surface area contributed by atoms with Crippen LogP contribution in [-0.2, 0) is 6.42 Å². The molecule has 2 rings (SSSR count). The molecule has 1 heterocycles. The zero-order valence-electron chi connectivity index (χ0n) is 11.0. The quantitative estimate of drug-likeness (QED) is 0.772. The highest BCUT2D eigenvalue weighted by molar-refractivity contribution is 7.09. The number of nitrogens with one attached hydrogen (secondary N) is 1. The molecule has 2 atom stereocenters. The van der Waals surface area contributed by atoms with E-state index in [1.54, 1.807) is 4.88 Å². The molecule has 0 saturated heterocycles. The first-order valence-electron chi connectivity index (χ1n) is 7.14. The Hall–Kier alpha value is -0.340. The number of aryl methyl sites for hydroxylation is 1. The minimum Gasteiger partial charge on any atom is -0.314 e. The van der Waals surface area contributed by atoms with Crippen LogP contribution in [0.25, 0.3) is 0 Å². The summed E-state index contributed by atoms with van der Waals surface area (Å²) < 4.78 is 0. The summed E-state index contributed by atoms with van der Waals surface area (Å²) in [5, 5.41) is 5.85. The van der Waals surface area contributed by atoms with Crippen LogP contribution in [0.2, 0.25) is 0 Å². The number of rotatable bonds is 5. The van der Waals surface area contributed by atoms with Crippen LogP contribution in [0, 0.1) is 5.92 Å². The zero-order valence-corrected chi connectivity index (χ0v) is 11.8. The van der Waals surface area contributed by atoms with Crippen molar-refractivity contribution in [3.8, 4) is 0 Å². The van der Waals surface area contributed by atoms with Crippen molar-refractivity contribution in [1.29, 1.82) is 0 Å². The summed E-state index contributed by atoms with van der Waals surface area (Å²) in [7, 11) is 0. The van der Waals surface area contributed by atoms with Gasteiger partial charge in [0, 0.05) is 10.9 Å². The van der Waals surface area contributed by atoms with Crippen molar-refractivity contribution in [1.82, 2.24) is 5.32 Å². The Morgan fingerprint density at radius 3 is 3.00 bits per heavy atom. The second kappa shape index (κ2) is 7.17. The van der Waals surface area contributed by atoms with Crippen LogP contribution in [0.3, 0.4) is 0 Å². The predicted octanol–water partition coefficient (Wildman–Crippen LogP) is 4.24.